The molecule has 2 bridgehead atoms. The first-order valence-corrected chi connectivity index (χ1v) is 19.1. The molecule has 0 unspecified atom stereocenters. The number of nitrogens with two attached hydrogens (primary N) is 1. The molecule has 1 saturated heterocycles. The molecule has 1 heterocycles. The van der Waals surface area contributed by atoms with Crippen LogP contribution >= 0.6 is 0 Å². The molecular formula is C36H66BN5O6. The number of Topliss-reactive ketones (excluding diaryl/α,β-unsaturated/α-hetero) is 1. The van der Waals surface area contributed by atoms with E-state index in [0.717, 1.165) is 32.1 Å². The molecule has 3 saturated carbocycles. The number of unbranched alkanes of at least 4 members (excludes halogenated alkanes) is 10. The van der Waals surface area contributed by atoms with Crippen LogP contribution in [0.15, 0.2) is 4.99 Å². The predicted molar refractivity (Wildman–Crippen MR) is 192 cm³/mol. The van der Waals surface area contributed by atoms with Crippen molar-refractivity contribution in [2.24, 2.45) is 39.8 Å². The van der Waals surface area contributed by atoms with Crippen molar-refractivity contribution in [1.29, 1.82) is 0 Å². The van der Waals surface area contributed by atoms with Crippen molar-refractivity contribution >= 4 is 24.8 Å². The topological polar surface area (TPSA) is 158 Å². The third-order valence-corrected chi connectivity index (χ3v) is 11.5. The van der Waals surface area contributed by atoms with Gasteiger partial charge in [-0.3, -0.25) is 9.59 Å². The SMILES string of the molecule is CCCCCCCCCCCCCC(=O)C[C@@H](CCCN=C(N)N[N+](=O)[O-])C(=O)N[C@@H](CC(C)C)B1O[C@@H]2C[C@@H]3C[C@@H](C3(C)C)[C@]2(C)O1. The monoisotopic (exact) mass is 676 g/mol. The van der Waals surface area contributed by atoms with Crippen LogP contribution in [0.2, 0.25) is 0 Å². The summed E-state index contributed by atoms with van der Waals surface area (Å²) in [7, 11) is -0.535. The van der Waals surface area contributed by atoms with Gasteiger partial charge in [0.15, 0.2) is 5.03 Å². The zero-order valence-electron chi connectivity index (χ0n) is 30.9. The Morgan fingerprint density at radius 2 is 1.62 bits per heavy atom. The Hall–Kier alpha value is -2.21. The van der Waals surface area contributed by atoms with E-state index in [2.05, 4.69) is 51.9 Å². The highest BCUT2D eigenvalue weighted by molar-refractivity contribution is 6.47. The van der Waals surface area contributed by atoms with E-state index in [1.165, 1.54) is 51.4 Å². The lowest BCUT2D eigenvalue weighted by Crippen LogP contribution is -2.65. The Morgan fingerprint density at radius 1 is 1.00 bits per heavy atom. The van der Waals surface area contributed by atoms with Gasteiger partial charge in [0, 0.05) is 25.3 Å². The zero-order valence-corrected chi connectivity index (χ0v) is 30.9. The van der Waals surface area contributed by atoms with Gasteiger partial charge >= 0.3 is 7.12 Å². The molecule has 6 atom stereocenters. The van der Waals surface area contributed by atoms with E-state index in [1.54, 1.807) is 0 Å². The van der Waals surface area contributed by atoms with Crippen molar-refractivity contribution in [3.63, 3.8) is 0 Å². The van der Waals surface area contributed by atoms with Gasteiger partial charge in [-0.1, -0.05) is 104 Å². The molecule has 4 aliphatic rings. The molecule has 1 aliphatic heterocycles. The molecule has 0 spiro atoms. The Bertz CT molecular complexity index is 1070. The number of carbonyl (C=O) groups excluding carboxylic acids is 2. The number of amides is 1. The van der Waals surface area contributed by atoms with Gasteiger partial charge in [0.05, 0.1) is 17.6 Å². The van der Waals surface area contributed by atoms with Gasteiger partial charge in [-0.15, -0.1) is 0 Å². The maximum Gasteiger partial charge on any atom is 0.481 e. The minimum atomic E-state index is -0.759. The summed E-state index contributed by atoms with van der Waals surface area (Å²) in [4.78, 5) is 41.7. The number of rotatable bonds is 24. The summed E-state index contributed by atoms with van der Waals surface area (Å²) >= 11 is 0. The number of guanidine groups is 1. The van der Waals surface area contributed by atoms with Gasteiger partial charge < -0.3 is 20.4 Å². The number of hydrogen-bond acceptors (Lipinski definition) is 7. The van der Waals surface area contributed by atoms with Crippen LogP contribution in [0.5, 0.6) is 0 Å². The lowest BCUT2D eigenvalue weighted by atomic mass is 9.43. The smallest absolute Gasteiger partial charge is 0.404 e. The fraction of sp³-hybridized carbons (Fsp3) is 0.917. The lowest BCUT2D eigenvalue weighted by molar-refractivity contribution is -0.525. The molecular weight excluding hydrogens is 609 g/mol. The molecule has 0 aromatic heterocycles. The summed E-state index contributed by atoms with van der Waals surface area (Å²) in [6.07, 6.45) is 17.8. The molecule has 11 nitrogen and oxygen atoms in total. The molecule has 4 rings (SSSR count). The molecule has 274 valence electrons. The molecule has 4 fully saturated rings. The minimum absolute atomic E-state index is 0.0186. The van der Waals surface area contributed by atoms with E-state index in [4.69, 9.17) is 15.0 Å². The van der Waals surface area contributed by atoms with Gasteiger partial charge in [0.1, 0.15) is 5.78 Å². The van der Waals surface area contributed by atoms with Gasteiger partial charge in [0.25, 0.3) is 5.96 Å². The summed E-state index contributed by atoms with van der Waals surface area (Å²) in [6, 6.07) is 0. The summed E-state index contributed by atoms with van der Waals surface area (Å²) in [5.41, 5.74) is 7.26. The number of hydrazine groups is 1. The van der Waals surface area contributed by atoms with E-state index in [1.807, 2.05) is 5.43 Å². The molecule has 0 radical (unpaired) electrons. The highest BCUT2D eigenvalue weighted by Gasteiger charge is 2.68. The Balaban J connectivity index is 1.55. The number of carbonyl (C=O) groups is 2. The number of aliphatic imine (C=N–C) groups is 1. The molecule has 4 N–H and O–H groups in total. The van der Waals surface area contributed by atoms with E-state index in [9.17, 15) is 19.7 Å². The molecule has 3 aliphatic carbocycles. The van der Waals surface area contributed by atoms with Crippen LogP contribution in [0, 0.1) is 39.2 Å². The minimum Gasteiger partial charge on any atom is -0.404 e. The third-order valence-electron chi connectivity index (χ3n) is 11.5. The fourth-order valence-electron chi connectivity index (χ4n) is 8.47. The van der Waals surface area contributed by atoms with Crippen molar-refractivity contribution in [2.45, 2.75) is 175 Å². The Kier molecular flexibility index (Phi) is 16.1. The van der Waals surface area contributed by atoms with Crippen molar-refractivity contribution in [3.8, 4) is 0 Å². The summed E-state index contributed by atoms with van der Waals surface area (Å²) in [6.45, 7) is 13.6. The average Bonchev–Trinajstić information content (AvgIpc) is 3.37. The van der Waals surface area contributed by atoms with Crippen LogP contribution in [0.3, 0.4) is 0 Å². The largest absolute Gasteiger partial charge is 0.481 e. The number of nitro groups is 1. The van der Waals surface area contributed by atoms with E-state index in [-0.39, 0.29) is 53.7 Å². The average molecular weight is 676 g/mol. The molecule has 12 heteroatoms. The normalized spacial score (nSPS) is 25.7. The molecule has 1 amide bonds. The van der Waals surface area contributed by atoms with Gasteiger partial charge in [-0.25, -0.2) is 15.1 Å². The fourth-order valence-corrected chi connectivity index (χ4v) is 8.47. The van der Waals surface area contributed by atoms with Crippen molar-refractivity contribution in [3.05, 3.63) is 10.1 Å². The second-order valence-electron chi connectivity index (χ2n) is 16.1. The Labute approximate surface area is 290 Å². The first kappa shape index (κ1) is 40.2. The predicted octanol–water partition coefficient (Wildman–Crippen LogP) is 6.94. The highest BCUT2D eigenvalue weighted by atomic mass is 16.7. The lowest BCUT2D eigenvalue weighted by Gasteiger charge is -2.64. The van der Waals surface area contributed by atoms with E-state index < -0.39 is 18.1 Å². The number of nitrogens with one attached hydrogen (secondary N) is 2. The number of ketones is 1. The van der Waals surface area contributed by atoms with Crippen LogP contribution in [0.4, 0.5) is 0 Å². The second-order valence-corrected chi connectivity index (χ2v) is 16.1. The van der Waals surface area contributed by atoms with Gasteiger partial charge in [-0.2, -0.15) is 0 Å². The van der Waals surface area contributed by atoms with Crippen molar-refractivity contribution in [2.75, 3.05) is 6.54 Å². The maximum atomic E-state index is 13.9. The van der Waals surface area contributed by atoms with Crippen LogP contribution in [-0.4, -0.2) is 54.0 Å². The Morgan fingerprint density at radius 3 is 2.21 bits per heavy atom. The first-order valence-electron chi connectivity index (χ1n) is 19.1. The van der Waals surface area contributed by atoms with Crippen LogP contribution < -0.4 is 16.5 Å². The zero-order chi connectivity index (χ0) is 35.3. The van der Waals surface area contributed by atoms with Crippen molar-refractivity contribution in [1.82, 2.24) is 10.7 Å². The van der Waals surface area contributed by atoms with Gasteiger partial charge in [-0.05, 0) is 68.6 Å². The summed E-state index contributed by atoms with van der Waals surface area (Å²) in [5.74, 6) is 0.131. The highest BCUT2D eigenvalue weighted by Crippen LogP contribution is 2.65. The second kappa shape index (κ2) is 19.3. The molecule has 0 aromatic carbocycles. The number of nitrogens with zero attached hydrogens (tertiary/aromatic N) is 2. The van der Waals surface area contributed by atoms with Crippen molar-refractivity contribution < 1.29 is 23.9 Å². The van der Waals surface area contributed by atoms with Gasteiger partial charge in [0.2, 0.25) is 5.91 Å². The first-order chi connectivity index (χ1) is 22.8. The molecule has 48 heavy (non-hydrogen) atoms. The van der Waals surface area contributed by atoms with E-state index >= 15 is 0 Å². The standard InChI is InChI=1S/C36H66BN5O6/c1-7-8-9-10-11-12-13-14-15-16-17-20-29(43)23-27(19-18-21-39-34(38)41-42(45)46)33(44)40-32(22-26(2)3)37-47-31-25-28-24-30(35(28,4)5)36(31,6)48-37/h26-28,30-32H,7-25H2,1-6H3,(H,40,44)(H3,38,39,41)/t27-,28+,30+,31-,32+,36+/m1/s1. The summed E-state index contributed by atoms with van der Waals surface area (Å²) in [5, 5.41) is 13.1. The van der Waals surface area contributed by atoms with Crippen LogP contribution in [-0.2, 0) is 18.9 Å². The van der Waals surface area contributed by atoms with Crippen LogP contribution in [0.1, 0.15) is 157 Å². The molecule has 0 aromatic rings. The maximum absolute atomic E-state index is 13.9. The number of hydrogen-bond donors (Lipinski definition) is 3. The van der Waals surface area contributed by atoms with E-state index in [0.29, 0.717) is 43.4 Å². The third kappa shape index (κ3) is 11.7. The summed E-state index contributed by atoms with van der Waals surface area (Å²) < 4.78 is 13.3. The van der Waals surface area contributed by atoms with Crippen LogP contribution in [0.25, 0.3) is 0 Å². The quantitative estimate of drug-likeness (QED) is 0.0248.